The third-order valence-electron chi connectivity index (χ3n) is 6.20. The second-order valence-corrected chi connectivity index (χ2v) is 11.4. The summed E-state index contributed by atoms with van der Waals surface area (Å²) in [4.78, 5) is 29.6. The molecule has 0 atom stereocenters. The van der Waals surface area contributed by atoms with Crippen LogP contribution in [0, 0.1) is 6.92 Å². The molecule has 4 aromatic rings. The molecule has 0 saturated heterocycles. The van der Waals surface area contributed by atoms with E-state index in [-0.39, 0.29) is 32.1 Å². The van der Waals surface area contributed by atoms with Gasteiger partial charge in [0.25, 0.3) is 0 Å². The number of ether oxygens (including phenoxy) is 1. The molecular weight excluding hydrogens is 535 g/mol. The van der Waals surface area contributed by atoms with Crippen molar-refractivity contribution >= 4 is 43.7 Å². The van der Waals surface area contributed by atoms with Gasteiger partial charge in [-0.1, -0.05) is 0 Å². The zero-order valence-electron chi connectivity index (χ0n) is 20.4. The number of anilines is 1. The Morgan fingerprint density at radius 2 is 2.05 bits per heavy atom. The van der Waals surface area contributed by atoms with Gasteiger partial charge in [-0.25, -0.2) is 0 Å². The first-order valence-electron chi connectivity index (χ1n) is 11.8. The fraction of sp³-hybridized carbons (Fsp3) is 0.179. The van der Waals surface area contributed by atoms with E-state index in [4.69, 9.17) is 4.74 Å². The number of aryl methyl sites for hydroxylation is 2. The molecule has 0 radical (unpaired) electrons. The molecule has 0 spiro atoms. The Labute approximate surface area is 220 Å². The molecule has 9 heteroatoms. The van der Waals surface area contributed by atoms with Crippen molar-refractivity contribution in [3.63, 3.8) is 0 Å². The van der Waals surface area contributed by atoms with E-state index in [2.05, 4.69) is 15.6 Å². The van der Waals surface area contributed by atoms with E-state index in [0.717, 1.165) is 44.2 Å². The Morgan fingerprint density at radius 3 is 2.84 bits per heavy atom. The van der Waals surface area contributed by atoms with Crippen LogP contribution >= 0.6 is 0 Å². The molecule has 1 aliphatic heterocycles. The number of fused-ring (bicyclic) bond motifs is 1. The standard InChI is InChI=1S/C28H26N4O4Se/c1-17-23(27(34)30-8-3-10-32-11-9-29-16-32)14-20(37-17)15-24-22-6-4-18(12-25(22)31-28(24)35)21-7-5-19(33)13-26(21)36-2/h4-7,9,11-16,33H,3,8,10H2,1-2H3,(H,30,34)(H,31,35). The summed E-state index contributed by atoms with van der Waals surface area (Å²) in [5, 5.41) is 15.7. The van der Waals surface area contributed by atoms with Gasteiger partial charge in [0.15, 0.2) is 0 Å². The Morgan fingerprint density at radius 1 is 1.22 bits per heavy atom. The molecule has 8 nitrogen and oxygen atoms in total. The van der Waals surface area contributed by atoms with E-state index in [0.29, 0.717) is 23.4 Å². The van der Waals surface area contributed by atoms with Gasteiger partial charge in [-0.05, 0) is 0 Å². The van der Waals surface area contributed by atoms with Gasteiger partial charge >= 0.3 is 221 Å². The van der Waals surface area contributed by atoms with Crippen molar-refractivity contribution in [2.75, 3.05) is 19.0 Å². The molecule has 0 aliphatic carbocycles. The van der Waals surface area contributed by atoms with Crippen molar-refractivity contribution in [3.05, 3.63) is 81.2 Å². The maximum atomic E-state index is 12.8. The third-order valence-corrected chi connectivity index (χ3v) is 8.30. The van der Waals surface area contributed by atoms with Crippen LogP contribution < -0.4 is 15.4 Å². The minimum atomic E-state index is -0.170. The number of benzene rings is 2. The molecule has 0 fully saturated rings. The number of carbonyl (C=O) groups is 2. The number of aromatic hydroxyl groups is 1. The van der Waals surface area contributed by atoms with Gasteiger partial charge in [0.05, 0.1) is 0 Å². The summed E-state index contributed by atoms with van der Waals surface area (Å²) in [6, 6.07) is 12.6. The summed E-state index contributed by atoms with van der Waals surface area (Å²) in [6.07, 6.45) is 8.11. The number of hydrogen-bond acceptors (Lipinski definition) is 5. The number of phenols is 1. The van der Waals surface area contributed by atoms with Gasteiger partial charge in [0.1, 0.15) is 0 Å². The molecule has 3 N–H and O–H groups in total. The average molecular weight is 562 g/mol. The fourth-order valence-corrected chi connectivity index (χ4v) is 6.38. The molecule has 0 unspecified atom stereocenters. The Kier molecular flexibility index (Phi) is 6.99. The first-order chi connectivity index (χ1) is 17.9. The van der Waals surface area contributed by atoms with Crippen LogP contribution in [0.3, 0.4) is 0 Å². The predicted molar refractivity (Wildman–Crippen MR) is 144 cm³/mol. The van der Waals surface area contributed by atoms with E-state index < -0.39 is 0 Å². The molecule has 3 heterocycles. The molecule has 2 aromatic heterocycles. The maximum absolute atomic E-state index is 12.8. The number of imidazole rings is 1. The number of hydrogen-bond donors (Lipinski definition) is 3. The Balaban J connectivity index is 1.32. The molecule has 2 aromatic carbocycles. The second kappa shape index (κ2) is 10.5. The van der Waals surface area contributed by atoms with Gasteiger partial charge in [0, 0.05) is 0 Å². The third kappa shape index (κ3) is 5.23. The van der Waals surface area contributed by atoms with Gasteiger partial charge in [-0.3, -0.25) is 0 Å². The second-order valence-electron chi connectivity index (χ2n) is 8.69. The van der Waals surface area contributed by atoms with Crippen molar-refractivity contribution in [2.24, 2.45) is 0 Å². The number of phenolic OH excluding ortho intramolecular Hbond substituents is 1. The first-order valence-corrected chi connectivity index (χ1v) is 13.5. The van der Waals surface area contributed by atoms with Crippen molar-refractivity contribution in [1.82, 2.24) is 14.9 Å². The normalized spacial score (nSPS) is 13.5. The zero-order chi connectivity index (χ0) is 25.9. The number of carbonyl (C=O) groups excluding carboxylic acids is 2. The van der Waals surface area contributed by atoms with Gasteiger partial charge in [0.2, 0.25) is 0 Å². The van der Waals surface area contributed by atoms with Crippen molar-refractivity contribution in [3.8, 4) is 22.6 Å². The summed E-state index contributed by atoms with van der Waals surface area (Å²) in [5.41, 5.74) is 4.49. The number of rotatable bonds is 8. The van der Waals surface area contributed by atoms with Gasteiger partial charge < -0.3 is 0 Å². The topological polar surface area (TPSA) is 105 Å². The number of nitrogens with one attached hydrogen (secondary N) is 2. The molecule has 188 valence electrons. The molecule has 0 saturated carbocycles. The molecule has 2 amide bonds. The van der Waals surface area contributed by atoms with Gasteiger partial charge in [-0.15, -0.1) is 0 Å². The molecular formula is C28H26N4O4Se. The van der Waals surface area contributed by atoms with Crippen LogP contribution in [-0.2, 0) is 11.3 Å². The van der Waals surface area contributed by atoms with Crippen LogP contribution in [0.5, 0.6) is 11.5 Å². The quantitative estimate of drug-likeness (QED) is 0.172. The van der Waals surface area contributed by atoms with Crippen LogP contribution in [0.2, 0.25) is 0 Å². The Hall–Kier alpha value is -4.07. The number of nitrogens with zero attached hydrogens (tertiary/aromatic N) is 2. The van der Waals surface area contributed by atoms with Crippen LogP contribution in [0.1, 0.15) is 31.2 Å². The van der Waals surface area contributed by atoms with Crippen molar-refractivity contribution < 1.29 is 19.4 Å². The average Bonchev–Trinajstić information content (AvgIpc) is 3.61. The minimum absolute atomic E-state index is 0.0289. The van der Waals surface area contributed by atoms with Crippen LogP contribution in [-0.4, -0.2) is 54.6 Å². The van der Waals surface area contributed by atoms with E-state index in [1.807, 2.05) is 48.0 Å². The van der Waals surface area contributed by atoms with Crippen molar-refractivity contribution in [1.29, 1.82) is 0 Å². The summed E-state index contributed by atoms with van der Waals surface area (Å²) in [6.45, 7) is 3.35. The van der Waals surface area contributed by atoms with E-state index in [1.54, 1.807) is 37.8 Å². The molecule has 37 heavy (non-hydrogen) atoms. The van der Waals surface area contributed by atoms with E-state index in [1.165, 1.54) is 0 Å². The molecule has 0 bridgehead atoms. The number of methoxy groups -OCH3 is 1. The summed E-state index contributed by atoms with van der Waals surface area (Å²) in [7, 11) is 1.55. The van der Waals surface area contributed by atoms with E-state index >= 15 is 0 Å². The first kappa shape index (κ1) is 24.6. The van der Waals surface area contributed by atoms with Crippen LogP contribution in [0.15, 0.2) is 61.2 Å². The monoisotopic (exact) mass is 562 g/mol. The van der Waals surface area contributed by atoms with Crippen molar-refractivity contribution in [2.45, 2.75) is 19.9 Å². The van der Waals surface area contributed by atoms with Crippen LogP contribution in [0.25, 0.3) is 22.8 Å². The molecule has 5 rings (SSSR count). The summed E-state index contributed by atoms with van der Waals surface area (Å²) < 4.78 is 9.42. The van der Waals surface area contributed by atoms with Gasteiger partial charge in [-0.2, -0.15) is 0 Å². The Bertz CT molecular complexity index is 1500. The zero-order valence-corrected chi connectivity index (χ0v) is 22.2. The molecule has 1 aliphatic rings. The SMILES string of the molecule is COc1cc(O)ccc1-c1ccc2c(c1)NC(=O)C2=Cc1cc(C(=O)NCCCn2ccnc2)c(C)[se]1. The predicted octanol–water partition coefficient (Wildman–Crippen LogP) is 3.94. The van der Waals surface area contributed by atoms with Crippen LogP contribution in [0.4, 0.5) is 5.69 Å². The summed E-state index contributed by atoms with van der Waals surface area (Å²) >= 11 is -0.0289. The summed E-state index contributed by atoms with van der Waals surface area (Å²) in [5.74, 6) is 0.421. The fourth-order valence-electron chi connectivity index (χ4n) is 4.35. The number of aromatic nitrogens is 2. The number of amides is 2. The van der Waals surface area contributed by atoms with E-state index in [9.17, 15) is 14.7 Å².